The Bertz CT molecular complexity index is 1130. The molecule has 2 N–H and O–H groups in total. The van der Waals surface area contributed by atoms with E-state index in [4.69, 9.17) is 4.74 Å². The van der Waals surface area contributed by atoms with Crippen LogP contribution in [0, 0.1) is 0 Å². The van der Waals surface area contributed by atoms with Crippen molar-refractivity contribution >= 4 is 23.6 Å². The fraction of sp³-hybridized carbons (Fsp3) is 0.414. The minimum atomic E-state index is -0.635. The number of carbonyl (C=O) groups is 3. The Morgan fingerprint density at radius 2 is 1.67 bits per heavy atom. The average molecular weight is 492 g/mol. The van der Waals surface area contributed by atoms with Crippen molar-refractivity contribution in [1.82, 2.24) is 10.2 Å². The number of esters is 1. The maximum absolute atomic E-state index is 12.9. The summed E-state index contributed by atoms with van der Waals surface area (Å²) >= 11 is 0. The van der Waals surface area contributed by atoms with Crippen LogP contribution >= 0.6 is 0 Å². The van der Waals surface area contributed by atoms with Crippen LogP contribution in [0.3, 0.4) is 0 Å². The lowest BCUT2D eigenvalue weighted by molar-refractivity contribution is -0.139. The van der Waals surface area contributed by atoms with Crippen LogP contribution in [-0.4, -0.2) is 36.0 Å². The predicted octanol–water partition coefficient (Wildman–Crippen LogP) is 5.94. The summed E-state index contributed by atoms with van der Waals surface area (Å²) in [6.07, 6.45) is 1.77. The Labute approximate surface area is 213 Å². The Balaban J connectivity index is 1.81. The van der Waals surface area contributed by atoms with Gasteiger partial charge in [0.25, 0.3) is 5.91 Å². The number of nitrogens with one attached hydrogen (secondary N) is 2. The van der Waals surface area contributed by atoms with Crippen LogP contribution < -0.4 is 10.6 Å². The topological polar surface area (TPSA) is 87.7 Å². The lowest BCUT2D eigenvalue weighted by Gasteiger charge is -2.35. The Kier molecular flexibility index (Phi) is 8.56. The molecule has 0 fully saturated rings. The van der Waals surface area contributed by atoms with Crippen LogP contribution in [0.2, 0.25) is 0 Å². The fourth-order valence-electron chi connectivity index (χ4n) is 4.17. The highest BCUT2D eigenvalue weighted by Crippen LogP contribution is 2.32. The number of ether oxygens (including phenoxy) is 1. The largest absolute Gasteiger partial charge is 0.463 e. The molecule has 7 heteroatoms. The van der Waals surface area contributed by atoms with E-state index in [0.717, 1.165) is 24.0 Å². The number of allylic oxidation sites excluding steroid dienone is 1. The van der Waals surface area contributed by atoms with Crippen LogP contribution in [0.15, 0.2) is 59.8 Å². The van der Waals surface area contributed by atoms with Gasteiger partial charge in [-0.2, -0.15) is 0 Å². The molecule has 0 saturated carbocycles. The van der Waals surface area contributed by atoms with Crippen molar-refractivity contribution in [3.05, 3.63) is 76.5 Å². The molecule has 0 radical (unpaired) electrons. The summed E-state index contributed by atoms with van der Waals surface area (Å²) in [6, 6.07) is 13.9. The molecule has 36 heavy (non-hydrogen) atoms. The van der Waals surface area contributed by atoms with Gasteiger partial charge in [-0.3, -0.25) is 9.69 Å². The van der Waals surface area contributed by atoms with Crippen molar-refractivity contribution in [2.45, 2.75) is 65.8 Å². The maximum atomic E-state index is 12.9. The first-order valence-electron chi connectivity index (χ1n) is 12.5. The van der Waals surface area contributed by atoms with Crippen molar-refractivity contribution < 1.29 is 19.1 Å². The van der Waals surface area contributed by atoms with Gasteiger partial charge in [-0.1, -0.05) is 58.4 Å². The Morgan fingerprint density at radius 3 is 2.22 bits per heavy atom. The van der Waals surface area contributed by atoms with Crippen molar-refractivity contribution in [1.29, 1.82) is 0 Å². The molecule has 7 nitrogen and oxygen atoms in total. The minimum absolute atomic E-state index is 0.0155. The molecule has 1 heterocycles. The van der Waals surface area contributed by atoms with E-state index in [0.29, 0.717) is 29.1 Å². The van der Waals surface area contributed by atoms with Gasteiger partial charge in [0.15, 0.2) is 0 Å². The lowest BCUT2D eigenvalue weighted by Crippen LogP contribution is -2.48. The fourth-order valence-corrected chi connectivity index (χ4v) is 4.17. The highest BCUT2D eigenvalue weighted by molar-refractivity contribution is 6.04. The predicted molar refractivity (Wildman–Crippen MR) is 142 cm³/mol. The molecule has 0 aromatic heterocycles. The summed E-state index contributed by atoms with van der Waals surface area (Å²) in [5.74, 6) is -0.652. The Hall–Kier alpha value is -3.61. The highest BCUT2D eigenvalue weighted by atomic mass is 16.5. The number of carbonyl (C=O) groups excluding carboxylic acids is 3. The van der Waals surface area contributed by atoms with Crippen LogP contribution in [0.5, 0.6) is 0 Å². The highest BCUT2D eigenvalue weighted by Gasteiger charge is 2.36. The molecule has 3 amide bonds. The first-order chi connectivity index (χ1) is 17.1. The van der Waals surface area contributed by atoms with Crippen molar-refractivity contribution in [3.8, 4) is 0 Å². The molecule has 3 rings (SSSR count). The summed E-state index contributed by atoms with van der Waals surface area (Å²) in [6.45, 7) is 12.8. The molecule has 1 unspecified atom stereocenters. The summed E-state index contributed by atoms with van der Waals surface area (Å²) in [4.78, 5) is 40.0. The van der Waals surface area contributed by atoms with E-state index in [1.807, 2.05) is 24.3 Å². The van der Waals surface area contributed by atoms with E-state index in [1.54, 1.807) is 43.0 Å². The molecule has 2 aromatic carbocycles. The number of unbranched alkanes of at least 4 members (excludes halogenated alkanes) is 1. The van der Waals surface area contributed by atoms with Gasteiger partial charge in [-0.25, -0.2) is 9.59 Å². The summed E-state index contributed by atoms with van der Waals surface area (Å²) in [7, 11) is 0. The number of nitrogens with zero attached hydrogens (tertiary/aromatic N) is 1. The third kappa shape index (κ3) is 6.14. The number of hydrogen-bond acceptors (Lipinski definition) is 4. The number of rotatable bonds is 8. The van der Waals surface area contributed by atoms with Crippen LogP contribution in [0.25, 0.3) is 0 Å². The third-order valence-corrected chi connectivity index (χ3v) is 6.34. The summed E-state index contributed by atoms with van der Waals surface area (Å²) in [5.41, 5.74) is 4.12. The van der Waals surface area contributed by atoms with Crippen LogP contribution in [-0.2, 0) is 14.9 Å². The number of urea groups is 1. The molecular weight excluding hydrogens is 454 g/mol. The minimum Gasteiger partial charge on any atom is -0.463 e. The summed E-state index contributed by atoms with van der Waals surface area (Å²) in [5, 5.41) is 5.87. The van der Waals surface area contributed by atoms with Crippen molar-refractivity contribution in [2.75, 3.05) is 18.5 Å². The zero-order valence-corrected chi connectivity index (χ0v) is 22.1. The monoisotopic (exact) mass is 491 g/mol. The molecule has 1 aliphatic rings. The van der Waals surface area contributed by atoms with Gasteiger partial charge in [-0.05, 0) is 61.1 Å². The second kappa shape index (κ2) is 11.4. The van der Waals surface area contributed by atoms with E-state index in [9.17, 15) is 14.4 Å². The van der Waals surface area contributed by atoms with Crippen molar-refractivity contribution in [3.63, 3.8) is 0 Å². The lowest BCUT2D eigenvalue weighted by atomic mass is 9.87. The van der Waals surface area contributed by atoms with Gasteiger partial charge < -0.3 is 15.4 Å². The Morgan fingerprint density at radius 1 is 1.03 bits per heavy atom. The van der Waals surface area contributed by atoms with E-state index < -0.39 is 12.0 Å². The SMILES string of the molecule is CCCCN1C(=O)NC(c2ccc(NC(=O)c3ccc(C(C)(C)C)cc3)cc2)C(C(=O)OCC)=C1C. The molecule has 1 aliphatic heterocycles. The zero-order valence-electron chi connectivity index (χ0n) is 22.1. The molecule has 0 saturated heterocycles. The first-order valence-corrected chi connectivity index (χ1v) is 12.5. The van der Waals surface area contributed by atoms with Gasteiger partial charge >= 0.3 is 12.0 Å². The van der Waals surface area contributed by atoms with E-state index in [-0.39, 0.29) is 24.0 Å². The van der Waals surface area contributed by atoms with Gasteiger partial charge in [0, 0.05) is 23.5 Å². The van der Waals surface area contributed by atoms with Crippen LogP contribution in [0.4, 0.5) is 10.5 Å². The first kappa shape index (κ1) is 27.0. The molecular formula is C29H37N3O4. The van der Waals surface area contributed by atoms with E-state index >= 15 is 0 Å². The smallest absolute Gasteiger partial charge is 0.338 e. The number of anilines is 1. The number of amides is 3. The average Bonchev–Trinajstić information content (AvgIpc) is 2.83. The molecule has 1 atom stereocenters. The second-order valence-corrected chi connectivity index (χ2v) is 10.0. The molecule has 2 aromatic rings. The molecule has 0 aliphatic carbocycles. The summed E-state index contributed by atoms with van der Waals surface area (Å²) < 4.78 is 5.31. The number of hydrogen-bond donors (Lipinski definition) is 2. The zero-order chi connectivity index (χ0) is 26.5. The normalized spacial score (nSPS) is 16.0. The van der Waals surface area contributed by atoms with Gasteiger partial charge in [0.1, 0.15) is 0 Å². The number of benzene rings is 2. The van der Waals surface area contributed by atoms with E-state index in [2.05, 4.69) is 38.3 Å². The maximum Gasteiger partial charge on any atom is 0.338 e. The standard InChI is InChI=1S/C29H37N3O4/c1-7-9-18-32-19(3)24(27(34)36-8-2)25(31-28(32)35)20-12-16-23(17-13-20)30-26(33)21-10-14-22(15-11-21)29(4,5)6/h10-17,25H,7-9,18H2,1-6H3,(H,30,33)(H,31,35). The van der Waals surface area contributed by atoms with Crippen molar-refractivity contribution in [2.24, 2.45) is 0 Å². The second-order valence-electron chi connectivity index (χ2n) is 10.0. The van der Waals surface area contributed by atoms with E-state index in [1.165, 1.54) is 0 Å². The van der Waals surface area contributed by atoms with Gasteiger partial charge in [-0.15, -0.1) is 0 Å². The molecule has 0 bridgehead atoms. The quantitative estimate of drug-likeness (QED) is 0.447. The van der Waals surface area contributed by atoms with Gasteiger partial charge in [0.2, 0.25) is 0 Å². The molecule has 192 valence electrons. The van der Waals surface area contributed by atoms with Crippen LogP contribution in [0.1, 0.15) is 81.9 Å². The molecule has 0 spiro atoms. The third-order valence-electron chi connectivity index (χ3n) is 6.34. The van der Waals surface area contributed by atoms with Gasteiger partial charge in [0.05, 0.1) is 18.2 Å².